The Morgan fingerprint density at radius 1 is 1.17 bits per heavy atom. The van der Waals surface area contributed by atoms with Crippen LogP contribution in [0.2, 0.25) is 0 Å². The number of nitrogens with zero attached hydrogens (tertiary/aromatic N) is 2. The zero-order valence-corrected chi connectivity index (χ0v) is 18.4. The van der Waals surface area contributed by atoms with Gasteiger partial charge in [0.15, 0.2) is 14.6 Å². The molecular formula is C21H23FN2O4S2. The largest absolute Gasteiger partial charge is 0.492 e. The second-order valence-corrected chi connectivity index (χ2v) is 9.66. The Hall–Kier alpha value is -2.52. The van der Waals surface area contributed by atoms with E-state index in [0.29, 0.717) is 18.0 Å². The molecule has 0 N–H and O–H groups in total. The van der Waals surface area contributed by atoms with Crippen LogP contribution in [0.15, 0.2) is 52.4 Å². The third kappa shape index (κ3) is 4.96. The van der Waals surface area contributed by atoms with E-state index < -0.39 is 15.7 Å². The van der Waals surface area contributed by atoms with Crippen molar-refractivity contribution >= 4 is 37.3 Å². The number of aryl methyl sites for hydroxylation is 1. The van der Waals surface area contributed by atoms with Crippen molar-refractivity contribution in [2.45, 2.75) is 38.1 Å². The van der Waals surface area contributed by atoms with Crippen molar-refractivity contribution in [3.8, 4) is 5.75 Å². The number of fused-ring (bicyclic) bond motifs is 1. The highest BCUT2D eigenvalue weighted by Gasteiger charge is 2.16. The molecule has 0 aliphatic heterocycles. The van der Waals surface area contributed by atoms with Crippen LogP contribution in [-0.4, -0.2) is 31.3 Å². The van der Waals surface area contributed by atoms with E-state index in [9.17, 15) is 17.6 Å². The van der Waals surface area contributed by atoms with E-state index in [-0.39, 0.29) is 29.4 Å². The summed E-state index contributed by atoms with van der Waals surface area (Å²) in [6.07, 6.45) is 0.153. The first-order valence-corrected chi connectivity index (χ1v) is 12.1. The number of carbonyl (C=O) groups is 1. The average Bonchev–Trinajstić information content (AvgIpc) is 3.06. The summed E-state index contributed by atoms with van der Waals surface area (Å²) in [5.41, 5.74) is 0.900. The molecule has 0 fully saturated rings. The molecule has 0 bridgehead atoms. The van der Waals surface area contributed by atoms with Crippen LogP contribution >= 0.6 is 11.3 Å². The molecule has 0 aliphatic rings. The van der Waals surface area contributed by atoms with Crippen molar-refractivity contribution in [3.05, 3.63) is 53.1 Å². The number of halogens is 1. The lowest BCUT2D eigenvalue weighted by Crippen LogP contribution is -2.16. The number of carbonyl (C=O) groups excluding carboxylic acids is 1. The third-order valence-electron chi connectivity index (χ3n) is 4.48. The average molecular weight is 451 g/mol. The fourth-order valence-electron chi connectivity index (χ4n) is 3.08. The number of hydrogen-bond donors (Lipinski definition) is 0. The fourth-order valence-corrected chi connectivity index (χ4v) is 5.52. The van der Waals surface area contributed by atoms with Crippen molar-refractivity contribution in [2.24, 2.45) is 4.99 Å². The van der Waals surface area contributed by atoms with Crippen LogP contribution in [0.4, 0.5) is 4.39 Å². The first-order valence-electron chi connectivity index (χ1n) is 9.66. The molecule has 2 aromatic carbocycles. The lowest BCUT2D eigenvalue weighted by atomic mass is 10.3. The normalized spacial score (nSPS) is 12.4. The second kappa shape index (κ2) is 9.53. The number of rotatable bonds is 8. The van der Waals surface area contributed by atoms with E-state index in [1.54, 1.807) is 0 Å². The van der Waals surface area contributed by atoms with Crippen molar-refractivity contribution in [3.63, 3.8) is 0 Å². The van der Waals surface area contributed by atoms with Gasteiger partial charge in [0.05, 0.1) is 22.0 Å². The highest BCUT2D eigenvalue weighted by Crippen LogP contribution is 2.27. The van der Waals surface area contributed by atoms with Crippen LogP contribution in [0.5, 0.6) is 5.75 Å². The quantitative estimate of drug-likeness (QED) is 0.487. The van der Waals surface area contributed by atoms with Gasteiger partial charge in [0.25, 0.3) is 0 Å². The van der Waals surface area contributed by atoms with E-state index in [1.807, 2.05) is 36.6 Å². The number of hydrogen-bond acceptors (Lipinski definition) is 5. The molecular weight excluding hydrogens is 427 g/mol. The molecule has 3 rings (SSSR count). The summed E-state index contributed by atoms with van der Waals surface area (Å²) in [5.74, 6) is -0.333. The molecule has 0 saturated carbocycles. The van der Waals surface area contributed by atoms with Gasteiger partial charge in [-0.1, -0.05) is 17.4 Å². The Balaban J connectivity index is 1.76. The molecule has 1 heterocycles. The molecule has 0 aliphatic carbocycles. The molecule has 160 valence electrons. The molecule has 3 aromatic rings. The lowest BCUT2D eigenvalue weighted by molar-refractivity contribution is -0.118. The first-order chi connectivity index (χ1) is 14.4. The number of sulfone groups is 1. The van der Waals surface area contributed by atoms with Crippen LogP contribution in [0.3, 0.4) is 0 Å². The van der Waals surface area contributed by atoms with E-state index in [2.05, 4.69) is 4.99 Å². The SMILES string of the molecule is CCOc1cccc2sc(=NC(=O)CCCS(=O)(=O)c3ccc(F)cc3)n(CC)c12. The van der Waals surface area contributed by atoms with Gasteiger partial charge in [0.1, 0.15) is 17.1 Å². The molecule has 30 heavy (non-hydrogen) atoms. The summed E-state index contributed by atoms with van der Waals surface area (Å²) < 4.78 is 46.2. The van der Waals surface area contributed by atoms with Crippen LogP contribution < -0.4 is 9.54 Å². The highest BCUT2D eigenvalue weighted by molar-refractivity contribution is 7.91. The molecule has 0 spiro atoms. The fraction of sp³-hybridized carbons (Fsp3) is 0.333. The minimum absolute atomic E-state index is 0.0106. The summed E-state index contributed by atoms with van der Waals surface area (Å²) in [5, 5.41) is 0. The van der Waals surface area contributed by atoms with Crippen molar-refractivity contribution < 1.29 is 22.3 Å². The van der Waals surface area contributed by atoms with Crippen LogP contribution in [0.1, 0.15) is 26.7 Å². The molecule has 0 radical (unpaired) electrons. The van der Waals surface area contributed by atoms with Crippen LogP contribution in [0.25, 0.3) is 10.2 Å². The zero-order chi connectivity index (χ0) is 21.7. The Bertz CT molecular complexity index is 1210. The smallest absolute Gasteiger partial charge is 0.248 e. The van der Waals surface area contributed by atoms with Gasteiger partial charge >= 0.3 is 0 Å². The number of thiazole rings is 1. The maximum atomic E-state index is 13.0. The van der Waals surface area contributed by atoms with Gasteiger partial charge in [-0.15, -0.1) is 0 Å². The van der Waals surface area contributed by atoms with Crippen molar-refractivity contribution in [1.29, 1.82) is 0 Å². The summed E-state index contributed by atoms with van der Waals surface area (Å²) in [6.45, 7) is 5.03. The minimum atomic E-state index is -3.57. The minimum Gasteiger partial charge on any atom is -0.492 e. The molecule has 0 unspecified atom stereocenters. The van der Waals surface area contributed by atoms with E-state index in [1.165, 1.54) is 23.5 Å². The number of aromatic nitrogens is 1. The topological polar surface area (TPSA) is 77.7 Å². The van der Waals surface area contributed by atoms with Gasteiger partial charge in [-0.05, 0) is 56.7 Å². The third-order valence-corrected chi connectivity index (χ3v) is 7.34. The monoisotopic (exact) mass is 450 g/mol. The number of ether oxygens (including phenoxy) is 1. The number of benzene rings is 2. The van der Waals surface area contributed by atoms with Gasteiger partial charge in [-0.25, -0.2) is 12.8 Å². The Labute approximate surface area is 178 Å². The van der Waals surface area contributed by atoms with Gasteiger partial charge in [0, 0.05) is 13.0 Å². The maximum Gasteiger partial charge on any atom is 0.248 e. The summed E-state index contributed by atoms with van der Waals surface area (Å²) in [6, 6.07) is 10.4. The standard InChI is InChI=1S/C21H23FN2O4S2/c1-3-24-20-17(28-4-2)7-5-8-18(20)29-21(24)23-19(25)9-6-14-30(26,27)16-12-10-15(22)11-13-16/h5,7-8,10-13H,3-4,6,9,14H2,1-2H3. The molecule has 0 atom stereocenters. The zero-order valence-electron chi connectivity index (χ0n) is 16.8. The first kappa shape index (κ1) is 22.2. The van der Waals surface area contributed by atoms with Gasteiger partial charge in [0.2, 0.25) is 5.91 Å². The van der Waals surface area contributed by atoms with Crippen LogP contribution in [-0.2, 0) is 21.2 Å². The maximum absolute atomic E-state index is 13.0. The summed E-state index contributed by atoms with van der Waals surface area (Å²) >= 11 is 1.40. The lowest BCUT2D eigenvalue weighted by Gasteiger charge is -2.07. The predicted octanol–water partition coefficient (Wildman–Crippen LogP) is 3.94. The van der Waals surface area contributed by atoms with Crippen molar-refractivity contribution in [1.82, 2.24) is 4.57 Å². The Kier molecular flexibility index (Phi) is 7.04. The second-order valence-electron chi connectivity index (χ2n) is 6.55. The predicted molar refractivity (Wildman–Crippen MR) is 115 cm³/mol. The van der Waals surface area contributed by atoms with Crippen LogP contribution in [0, 0.1) is 5.82 Å². The molecule has 6 nitrogen and oxygen atoms in total. The molecule has 1 aromatic heterocycles. The highest BCUT2D eigenvalue weighted by atomic mass is 32.2. The van der Waals surface area contributed by atoms with E-state index in [0.717, 1.165) is 28.1 Å². The molecule has 1 amide bonds. The molecule has 9 heteroatoms. The van der Waals surface area contributed by atoms with E-state index >= 15 is 0 Å². The Morgan fingerprint density at radius 2 is 1.90 bits per heavy atom. The van der Waals surface area contributed by atoms with Crippen molar-refractivity contribution in [2.75, 3.05) is 12.4 Å². The Morgan fingerprint density at radius 3 is 2.57 bits per heavy atom. The van der Waals surface area contributed by atoms with Gasteiger partial charge in [-0.3, -0.25) is 4.79 Å². The number of para-hydroxylation sites is 1. The number of amides is 1. The van der Waals surface area contributed by atoms with Gasteiger partial charge in [-0.2, -0.15) is 4.99 Å². The summed E-state index contributed by atoms with van der Waals surface area (Å²) in [4.78, 5) is 17.2. The van der Waals surface area contributed by atoms with Gasteiger partial charge < -0.3 is 9.30 Å². The summed E-state index contributed by atoms with van der Waals surface area (Å²) in [7, 11) is -3.57. The van der Waals surface area contributed by atoms with E-state index in [4.69, 9.17) is 4.74 Å². The molecule has 0 saturated heterocycles.